The lowest BCUT2D eigenvalue weighted by Crippen LogP contribution is -2.26. The molecule has 2 bridgehead atoms. The van der Waals surface area contributed by atoms with E-state index in [1.54, 1.807) is 0 Å². The van der Waals surface area contributed by atoms with E-state index in [1.807, 2.05) is 0 Å². The monoisotopic (exact) mass is 269 g/mol. The Labute approximate surface area is 114 Å². The fourth-order valence-corrected chi connectivity index (χ4v) is 5.62. The molecule has 2 rings (SSSR count). The topological polar surface area (TPSA) is 18.5 Å². The highest BCUT2D eigenvalue weighted by molar-refractivity contribution is 6.44. The van der Waals surface area contributed by atoms with Gasteiger partial charge in [-0.2, -0.15) is 0 Å². The molecule has 0 aromatic heterocycles. The summed E-state index contributed by atoms with van der Waals surface area (Å²) in [6.45, 7) is 6.12. The summed E-state index contributed by atoms with van der Waals surface area (Å²) in [7, 11) is -0.986. The maximum Gasteiger partial charge on any atom is 0.384 e. The molecular weight excluding hydrogens is 240 g/mol. The Hall–Kier alpha value is 0.137. The van der Waals surface area contributed by atoms with Gasteiger partial charge in [0.2, 0.25) is 0 Å². The molecule has 0 heterocycles. The zero-order valence-corrected chi connectivity index (χ0v) is 13.2. The van der Waals surface area contributed by atoms with Crippen molar-refractivity contribution in [3.05, 3.63) is 0 Å². The molecule has 3 heteroatoms. The molecule has 2 aliphatic carbocycles. The van der Waals surface area contributed by atoms with Crippen LogP contribution in [0.15, 0.2) is 0 Å². The first kappa shape index (κ1) is 14.5. The maximum absolute atomic E-state index is 5.94. The molecule has 0 saturated heterocycles. The summed E-state index contributed by atoms with van der Waals surface area (Å²) >= 11 is 0. The highest BCUT2D eigenvalue weighted by Gasteiger charge is 2.44. The van der Waals surface area contributed by atoms with Gasteiger partial charge >= 0.3 is 9.28 Å². The van der Waals surface area contributed by atoms with Gasteiger partial charge in [0.25, 0.3) is 0 Å². The van der Waals surface area contributed by atoms with Crippen LogP contribution in [0, 0.1) is 11.3 Å². The van der Waals surface area contributed by atoms with Crippen LogP contribution in [-0.2, 0) is 8.85 Å². The lowest BCUT2D eigenvalue weighted by molar-refractivity contribution is 0.187. The van der Waals surface area contributed by atoms with Crippen LogP contribution in [0.4, 0.5) is 0 Å². The van der Waals surface area contributed by atoms with E-state index in [0.29, 0.717) is 5.41 Å². The zero-order valence-electron chi connectivity index (χ0n) is 12.2. The lowest BCUT2D eigenvalue weighted by Gasteiger charge is -2.27. The predicted octanol–water partition coefficient (Wildman–Crippen LogP) is 4.30. The molecule has 2 fully saturated rings. The van der Waals surface area contributed by atoms with Crippen LogP contribution in [0.1, 0.15) is 65.2 Å². The van der Waals surface area contributed by atoms with Crippen molar-refractivity contribution in [2.45, 2.75) is 71.3 Å². The summed E-state index contributed by atoms with van der Waals surface area (Å²) in [5.74, 6) is 1.06. The average Bonchev–Trinajstić information content (AvgIpc) is 2.98. The fourth-order valence-electron chi connectivity index (χ4n) is 3.65. The van der Waals surface area contributed by atoms with Gasteiger partial charge in [0.05, 0.1) is 0 Å². The molecule has 1 radical (unpaired) electrons. The Kier molecular flexibility index (Phi) is 5.71. The van der Waals surface area contributed by atoms with Gasteiger partial charge in [0.1, 0.15) is 0 Å². The first-order valence-electron chi connectivity index (χ1n) is 7.89. The van der Waals surface area contributed by atoms with Crippen molar-refractivity contribution in [2.24, 2.45) is 11.3 Å². The summed E-state index contributed by atoms with van der Waals surface area (Å²) in [6, 6.07) is 1.21. The third-order valence-electron chi connectivity index (χ3n) is 4.68. The summed E-state index contributed by atoms with van der Waals surface area (Å²) in [5.41, 5.74) is 0.700. The molecule has 105 valence electrons. The van der Waals surface area contributed by atoms with E-state index in [4.69, 9.17) is 8.85 Å². The Balaban J connectivity index is 1.73. The second-order valence-electron chi connectivity index (χ2n) is 6.22. The van der Waals surface area contributed by atoms with Crippen molar-refractivity contribution in [2.75, 3.05) is 13.2 Å². The normalized spacial score (nSPS) is 30.5. The Morgan fingerprint density at radius 1 is 1.06 bits per heavy atom. The third kappa shape index (κ3) is 3.81. The molecule has 0 aromatic rings. The van der Waals surface area contributed by atoms with Gasteiger partial charge in [-0.3, -0.25) is 0 Å². The van der Waals surface area contributed by atoms with Crippen LogP contribution in [0.5, 0.6) is 0 Å². The molecule has 18 heavy (non-hydrogen) atoms. The molecule has 0 N–H and O–H groups in total. The first-order chi connectivity index (χ1) is 8.78. The highest BCUT2D eigenvalue weighted by Crippen LogP contribution is 2.56. The number of hydrogen-bond donors (Lipinski definition) is 0. The Bertz CT molecular complexity index is 229. The molecule has 0 atom stereocenters. The SMILES string of the molecule is CCCO[Si](CCC12CCC(CC1)C2)OCCC. The van der Waals surface area contributed by atoms with Gasteiger partial charge in [-0.25, -0.2) is 0 Å². The van der Waals surface area contributed by atoms with Gasteiger partial charge in [-0.05, 0) is 68.7 Å². The molecule has 0 spiro atoms. The lowest BCUT2D eigenvalue weighted by atomic mass is 9.82. The van der Waals surface area contributed by atoms with Crippen LogP contribution in [-0.4, -0.2) is 22.5 Å². The summed E-state index contributed by atoms with van der Waals surface area (Å²) in [5, 5.41) is 0. The van der Waals surface area contributed by atoms with Crippen LogP contribution in [0.3, 0.4) is 0 Å². The van der Waals surface area contributed by atoms with Gasteiger partial charge in [0, 0.05) is 13.2 Å². The largest absolute Gasteiger partial charge is 0.393 e. The van der Waals surface area contributed by atoms with Crippen molar-refractivity contribution in [3.63, 3.8) is 0 Å². The van der Waals surface area contributed by atoms with Crippen LogP contribution >= 0.6 is 0 Å². The van der Waals surface area contributed by atoms with Gasteiger partial charge < -0.3 is 8.85 Å². The van der Waals surface area contributed by atoms with Crippen molar-refractivity contribution >= 4 is 9.28 Å². The van der Waals surface area contributed by atoms with Crippen molar-refractivity contribution < 1.29 is 8.85 Å². The van der Waals surface area contributed by atoms with E-state index in [-0.39, 0.29) is 0 Å². The van der Waals surface area contributed by atoms with Crippen molar-refractivity contribution in [1.82, 2.24) is 0 Å². The fraction of sp³-hybridized carbons (Fsp3) is 1.00. The molecular formula is C15H29O2Si. The minimum Gasteiger partial charge on any atom is -0.393 e. The zero-order chi connectivity index (χ0) is 12.8. The van der Waals surface area contributed by atoms with E-state index in [0.717, 1.165) is 32.0 Å². The average molecular weight is 269 g/mol. The standard InChI is InChI=1S/C15H29O2Si/c1-3-10-16-18(17-11-4-2)12-9-15-7-5-14(13-15)6-8-15/h14H,3-13H2,1-2H3. The summed E-state index contributed by atoms with van der Waals surface area (Å²) in [6.07, 6.45) is 11.0. The van der Waals surface area contributed by atoms with E-state index < -0.39 is 9.28 Å². The smallest absolute Gasteiger partial charge is 0.384 e. The Morgan fingerprint density at radius 2 is 1.67 bits per heavy atom. The quantitative estimate of drug-likeness (QED) is 0.581. The molecule has 0 amide bonds. The highest BCUT2D eigenvalue weighted by atomic mass is 28.3. The summed E-state index contributed by atoms with van der Waals surface area (Å²) < 4.78 is 11.9. The second kappa shape index (κ2) is 7.06. The van der Waals surface area contributed by atoms with Crippen molar-refractivity contribution in [3.8, 4) is 0 Å². The Morgan fingerprint density at radius 3 is 2.11 bits per heavy atom. The number of hydrogen-bond acceptors (Lipinski definition) is 2. The molecule has 2 nitrogen and oxygen atoms in total. The molecule has 0 unspecified atom stereocenters. The molecule has 0 aromatic carbocycles. The second-order valence-corrected chi connectivity index (χ2v) is 8.04. The van der Waals surface area contributed by atoms with E-state index in [1.165, 1.54) is 44.6 Å². The van der Waals surface area contributed by atoms with E-state index in [2.05, 4.69) is 13.8 Å². The number of rotatable bonds is 9. The molecule has 2 saturated carbocycles. The van der Waals surface area contributed by atoms with Crippen LogP contribution in [0.25, 0.3) is 0 Å². The summed E-state index contributed by atoms with van der Waals surface area (Å²) in [4.78, 5) is 0. The van der Waals surface area contributed by atoms with Gasteiger partial charge in [-0.1, -0.05) is 13.8 Å². The molecule has 2 aliphatic rings. The molecule has 0 aliphatic heterocycles. The van der Waals surface area contributed by atoms with Crippen LogP contribution < -0.4 is 0 Å². The minimum atomic E-state index is -0.986. The van der Waals surface area contributed by atoms with Gasteiger partial charge in [-0.15, -0.1) is 0 Å². The maximum atomic E-state index is 5.94. The number of fused-ring (bicyclic) bond motifs is 2. The minimum absolute atomic E-state index is 0.700. The van der Waals surface area contributed by atoms with E-state index >= 15 is 0 Å². The van der Waals surface area contributed by atoms with E-state index in [9.17, 15) is 0 Å². The van der Waals surface area contributed by atoms with Crippen molar-refractivity contribution in [1.29, 1.82) is 0 Å². The first-order valence-corrected chi connectivity index (χ1v) is 9.42. The predicted molar refractivity (Wildman–Crippen MR) is 76.7 cm³/mol. The third-order valence-corrected chi connectivity index (χ3v) is 6.39. The van der Waals surface area contributed by atoms with Crippen LogP contribution in [0.2, 0.25) is 6.04 Å². The van der Waals surface area contributed by atoms with Gasteiger partial charge in [0.15, 0.2) is 0 Å².